The summed E-state index contributed by atoms with van der Waals surface area (Å²) in [6.07, 6.45) is 2.35. The lowest BCUT2D eigenvalue weighted by Gasteiger charge is -2.44. The monoisotopic (exact) mass is 473 g/mol. The normalized spacial score (nSPS) is 24.3. The molecular weight excluding hydrogens is 453 g/mol. The molecule has 1 N–H and O–H groups in total. The number of amides is 1. The Morgan fingerprint density at radius 1 is 1.15 bits per heavy atom. The van der Waals surface area contributed by atoms with Crippen molar-refractivity contribution in [3.8, 4) is 11.5 Å². The zero-order chi connectivity index (χ0) is 18.4. The van der Waals surface area contributed by atoms with Crippen LogP contribution in [0.25, 0.3) is 22.6 Å². The Bertz CT molecular complexity index is 990. The molecule has 3 aliphatic rings. The topological polar surface area (TPSA) is 58.4 Å². The number of nitrogens with zero attached hydrogens (tertiary/aromatic N) is 2. The summed E-state index contributed by atoms with van der Waals surface area (Å²) in [4.78, 5) is 20.1. The Morgan fingerprint density at radius 3 is 2.63 bits per heavy atom. The number of carbonyl (C=O) groups is 1. The number of fused-ring (bicyclic) bond motifs is 4. The van der Waals surface area contributed by atoms with Crippen LogP contribution in [0.1, 0.15) is 23.2 Å². The Balaban J connectivity index is 1.44. The summed E-state index contributed by atoms with van der Waals surface area (Å²) in [6, 6.07) is 13.8. The van der Waals surface area contributed by atoms with Crippen molar-refractivity contribution in [3.05, 3.63) is 51.6 Å². The van der Waals surface area contributed by atoms with Crippen molar-refractivity contribution in [2.75, 3.05) is 19.6 Å². The number of hydrogen-bond donors (Lipinski definition) is 1. The number of benzene rings is 2. The average molecular weight is 473 g/mol. The van der Waals surface area contributed by atoms with Crippen molar-refractivity contribution in [1.29, 1.82) is 0 Å². The van der Waals surface area contributed by atoms with E-state index in [1.807, 2.05) is 42.5 Å². The molecule has 4 heterocycles. The van der Waals surface area contributed by atoms with Gasteiger partial charge in [0.1, 0.15) is 5.52 Å². The second-order valence-electron chi connectivity index (χ2n) is 7.40. The van der Waals surface area contributed by atoms with Crippen LogP contribution in [0.2, 0.25) is 0 Å². The number of carbonyl (C=O) groups excluding carboxylic acids is 1. The van der Waals surface area contributed by atoms with Crippen molar-refractivity contribution < 1.29 is 9.21 Å². The van der Waals surface area contributed by atoms with E-state index in [2.05, 4.69) is 37.8 Å². The molecule has 1 unspecified atom stereocenters. The van der Waals surface area contributed by atoms with Gasteiger partial charge >= 0.3 is 0 Å². The molecule has 2 bridgehead atoms. The summed E-state index contributed by atoms with van der Waals surface area (Å²) >= 11 is 2.27. The minimum absolute atomic E-state index is 0.0539. The van der Waals surface area contributed by atoms with Crippen LogP contribution < -0.4 is 5.32 Å². The van der Waals surface area contributed by atoms with Crippen LogP contribution in [0, 0.1) is 9.49 Å². The first-order chi connectivity index (χ1) is 13.2. The molecule has 3 saturated heterocycles. The molecular formula is C21H20IN3O2. The van der Waals surface area contributed by atoms with E-state index < -0.39 is 0 Å². The van der Waals surface area contributed by atoms with E-state index in [0.29, 0.717) is 28.5 Å². The number of halogens is 1. The highest BCUT2D eigenvalue weighted by Gasteiger charge is 2.35. The second-order valence-corrected chi connectivity index (χ2v) is 8.64. The molecule has 3 aliphatic heterocycles. The maximum Gasteiger partial charge on any atom is 0.253 e. The van der Waals surface area contributed by atoms with Gasteiger partial charge in [0.15, 0.2) is 5.58 Å². The molecule has 0 saturated carbocycles. The molecule has 1 aromatic heterocycles. The quantitative estimate of drug-likeness (QED) is 0.586. The van der Waals surface area contributed by atoms with E-state index >= 15 is 0 Å². The lowest BCUT2D eigenvalue weighted by Crippen LogP contribution is -2.57. The third kappa shape index (κ3) is 3.25. The first kappa shape index (κ1) is 17.2. The minimum Gasteiger partial charge on any atom is -0.436 e. The fraction of sp³-hybridized carbons (Fsp3) is 0.333. The Hall–Kier alpha value is -1.93. The Kier molecular flexibility index (Phi) is 4.40. The van der Waals surface area contributed by atoms with Gasteiger partial charge in [-0.05, 0) is 90.8 Å². The van der Waals surface area contributed by atoms with Gasteiger partial charge in [0.25, 0.3) is 5.91 Å². The number of piperidine rings is 3. The maximum absolute atomic E-state index is 13.0. The third-order valence-electron chi connectivity index (χ3n) is 5.73. The molecule has 1 amide bonds. The highest BCUT2D eigenvalue weighted by Crippen LogP contribution is 2.29. The Morgan fingerprint density at radius 2 is 1.93 bits per heavy atom. The summed E-state index contributed by atoms with van der Waals surface area (Å²) in [7, 11) is 0. The van der Waals surface area contributed by atoms with Crippen LogP contribution in [0.4, 0.5) is 0 Å². The summed E-state index contributed by atoms with van der Waals surface area (Å²) in [5, 5.41) is 3.25. The largest absolute Gasteiger partial charge is 0.436 e. The summed E-state index contributed by atoms with van der Waals surface area (Å²) in [6.45, 7) is 3.28. The summed E-state index contributed by atoms with van der Waals surface area (Å²) in [5.74, 6) is 1.09. The number of para-hydroxylation sites is 1. The Labute approximate surface area is 171 Å². The lowest BCUT2D eigenvalue weighted by atomic mass is 9.84. The van der Waals surface area contributed by atoms with Crippen LogP contribution >= 0.6 is 22.6 Å². The first-order valence-electron chi connectivity index (χ1n) is 9.36. The minimum atomic E-state index is -0.0539. The first-order valence-corrected chi connectivity index (χ1v) is 10.4. The molecule has 6 rings (SSSR count). The molecule has 6 heteroatoms. The molecule has 27 heavy (non-hydrogen) atoms. The predicted octanol–water partition coefficient (Wildman–Crippen LogP) is 3.92. The van der Waals surface area contributed by atoms with Gasteiger partial charge in [0.2, 0.25) is 5.89 Å². The SMILES string of the molecule is O=C(NC1CN2CCC1CC2)c1cccc2oc(-c3ccc(I)cc3)nc12. The zero-order valence-corrected chi connectivity index (χ0v) is 17.0. The van der Waals surface area contributed by atoms with Gasteiger partial charge in [-0.1, -0.05) is 6.07 Å². The van der Waals surface area contributed by atoms with Gasteiger partial charge < -0.3 is 14.6 Å². The highest BCUT2D eigenvalue weighted by atomic mass is 127. The van der Waals surface area contributed by atoms with E-state index in [0.717, 1.165) is 28.8 Å². The van der Waals surface area contributed by atoms with Gasteiger partial charge in [0, 0.05) is 21.7 Å². The van der Waals surface area contributed by atoms with E-state index in [1.165, 1.54) is 12.8 Å². The number of oxazole rings is 1. The van der Waals surface area contributed by atoms with Gasteiger partial charge in [-0.15, -0.1) is 0 Å². The molecule has 0 aliphatic carbocycles. The van der Waals surface area contributed by atoms with Crippen molar-refractivity contribution in [2.45, 2.75) is 18.9 Å². The summed E-state index contributed by atoms with van der Waals surface area (Å²) in [5.41, 5.74) is 2.77. The van der Waals surface area contributed by atoms with Crippen molar-refractivity contribution in [1.82, 2.24) is 15.2 Å². The van der Waals surface area contributed by atoms with Gasteiger partial charge in [0.05, 0.1) is 5.56 Å². The van der Waals surface area contributed by atoms with E-state index in [-0.39, 0.29) is 11.9 Å². The van der Waals surface area contributed by atoms with Crippen LogP contribution in [0.15, 0.2) is 46.9 Å². The molecule has 2 aromatic carbocycles. The van der Waals surface area contributed by atoms with Crippen molar-refractivity contribution in [2.24, 2.45) is 5.92 Å². The third-order valence-corrected chi connectivity index (χ3v) is 6.45. The van der Waals surface area contributed by atoms with Crippen LogP contribution in [-0.2, 0) is 0 Å². The fourth-order valence-electron chi connectivity index (χ4n) is 4.22. The van der Waals surface area contributed by atoms with E-state index in [9.17, 15) is 4.79 Å². The predicted molar refractivity (Wildman–Crippen MR) is 113 cm³/mol. The smallest absolute Gasteiger partial charge is 0.253 e. The molecule has 0 radical (unpaired) electrons. The zero-order valence-electron chi connectivity index (χ0n) is 14.8. The lowest BCUT2D eigenvalue weighted by molar-refractivity contribution is 0.0621. The van der Waals surface area contributed by atoms with Crippen LogP contribution in [0.3, 0.4) is 0 Å². The van der Waals surface area contributed by atoms with Gasteiger partial charge in [-0.3, -0.25) is 4.79 Å². The fourth-order valence-corrected chi connectivity index (χ4v) is 4.58. The molecule has 3 fully saturated rings. The summed E-state index contributed by atoms with van der Waals surface area (Å²) < 4.78 is 7.08. The van der Waals surface area contributed by atoms with Crippen LogP contribution in [0.5, 0.6) is 0 Å². The molecule has 0 spiro atoms. The van der Waals surface area contributed by atoms with E-state index in [1.54, 1.807) is 0 Å². The van der Waals surface area contributed by atoms with Gasteiger partial charge in [-0.25, -0.2) is 4.98 Å². The number of hydrogen-bond acceptors (Lipinski definition) is 4. The average Bonchev–Trinajstić information content (AvgIpc) is 3.13. The number of nitrogens with one attached hydrogen (secondary N) is 1. The van der Waals surface area contributed by atoms with E-state index in [4.69, 9.17) is 4.42 Å². The molecule has 138 valence electrons. The number of aromatic nitrogens is 1. The molecule has 5 nitrogen and oxygen atoms in total. The molecule has 1 atom stereocenters. The molecule has 3 aromatic rings. The second kappa shape index (κ2) is 6.91. The number of rotatable bonds is 3. The maximum atomic E-state index is 13.0. The van der Waals surface area contributed by atoms with Crippen molar-refractivity contribution >= 4 is 39.6 Å². The van der Waals surface area contributed by atoms with Gasteiger partial charge in [-0.2, -0.15) is 0 Å². The standard InChI is InChI=1S/C21H20IN3O2/c22-15-6-4-14(5-7-15)21-24-19-16(2-1-3-18(19)27-21)20(26)23-17-12-25-10-8-13(17)9-11-25/h1-7,13,17H,8-12H2,(H,23,26). The highest BCUT2D eigenvalue weighted by molar-refractivity contribution is 14.1. The van der Waals surface area contributed by atoms with Crippen molar-refractivity contribution in [3.63, 3.8) is 0 Å². The van der Waals surface area contributed by atoms with Crippen LogP contribution in [-0.4, -0.2) is 41.5 Å².